The average Bonchev–Trinajstić information content (AvgIpc) is 2.74. The van der Waals surface area contributed by atoms with E-state index in [1.54, 1.807) is 43.4 Å². The number of amides is 3. The Morgan fingerprint density at radius 1 is 1.06 bits per heavy atom. The highest BCUT2D eigenvalue weighted by Gasteiger charge is 2.15. The second-order valence-corrected chi connectivity index (χ2v) is 7.53. The van der Waals surface area contributed by atoms with Crippen LogP contribution >= 0.6 is 23.2 Å². The first kappa shape index (κ1) is 24.5. The van der Waals surface area contributed by atoms with Gasteiger partial charge in [0.05, 0.1) is 28.8 Å². The molecule has 2 aromatic carbocycles. The van der Waals surface area contributed by atoms with Gasteiger partial charge in [0, 0.05) is 25.7 Å². The number of hydrogen-bond acceptors (Lipinski definition) is 4. The zero-order valence-electron chi connectivity index (χ0n) is 17.4. The van der Waals surface area contributed by atoms with E-state index in [-0.39, 0.29) is 30.7 Å². The SMILES string of the molecule is CCOc1ccccc1C(=O)NCCCC(=O)N(C)CC(=O)Nc1ccc(Cl)c(Cl)c1. The van der Waals surface area contributed by atoms with Gasteiger partial charge in [0.1, 0.15) is 5.75 Å². The minimum absolute atomic E-state index is 0.104. The molecule has 0 radical (unpaired) electrons. The predicted molar refractivity (Wildman–Crippen MR) is 122 cm³/mol. The van der Waals surface area contributed by atoms with Gasteiger partial charge in [0.15, 0.2) is 0 Å². The van der Waals surface area contributed by atoms with Crippen LogP contribution in [-0.2, 0) is 9.59 Å². The molecule has 0 spiro atoms. The first-order valence-corrected chi connectivity index (χ1v) is 10.6. The molecule has 0 bridgehead atoms. The van der Waals surface area contributed by atoms with E-state index in [2.05, 4.69) is 10.6 Å². The summed E-state index contributed by atoms with van der Waals surface area (Å²) in [5.74, 6) is -0.291. The van der Waals surface area contributed by atoms with Gasteiger partial charge in [0.25, 0.3) is 5.91 Å². The minimum Gasteiger partial charge on any atom is -0.493 e. The molecule has 0 unspecified atom stereocenters. The number of carbonyl (C=O) groups excluding carboxylic acids is 3. The highest BCUT2D eigenvalue weighted by Crippen LogP contribution is 2.25. The van der Waals surface area contributed by atoms with Crippen molar-refractivity contribution >= 4 is 46.6 Å². The molecule has 9 heteroatoms. The Morgan fingerprint density at radius 3 is 2.52 bits per heavy atom. The summed E-state index contributed by atoms with van der Waals surface area (Å²) in [7, 11) is 1.55. The second kappa shape index (κ2) is 12.2. The number of benzene rings is 2. The largest absolute Gasteiger partial charge is 0.493 e. The van der Waals surface area contributed by atoms with E-state index in [9.17, 15) is 14.4 Å². The number of para-hydroxylation sites is 1. The Bertz CT molecular complexity index is 937. The summed E-state index contributed by atoms with van der Waals surface area (Å²) in [6.07, 6.45) is 0.643. The van der Waals surface area contributed by atoms with Crippen LogP contribution in [0.25, 0.3) is 0 Å². The van der Waals surface area contributed by atoms with Crippen molar-refractivity contribution in [2.45, 2.75) is 19.8 Å². The van der Waals surface area contributed by atoms with Crippen LogP contribution in [0.2, 0.25) is 10.0 Å². The average molecular weight is 466 g/mol. The van der Waals surface area contributed by atoms with Crippen molar-refractivity contribution in [3.8, 4) is 5.75 Å². The summed E-state index contributed by atoms with van der Waals surface area (Å²) in [4.78, 5) is 38.1. The molecule has 0 aliphatic heterocycles. The predicted octanol–water partition coefficient (Wildman–Crippen LogP) is 4.00. The van der Waals surface area contributed by atoms with Gasteiger partial charge in [-0.1, -0.05) is 35.3 Å². The minimum atomic E-state index is -0.352. The summed E-state index contributed by atoms with van der Waals surface area (Å²) >= 11 is 11.8. The molecule has 2 aromatic rings. The molecule has 0 fully saturated rings. The number of rotatable bonds is 10. The Hall–Kier alpha value is -2.77. The molecular weight excluding hydrogens is 441 g/mol. The van der Waals surface area contributed by atoms with Crippen molar-refractivity contribution in [2.24, 2.45) is 0 Å². The Balaban J connectivity index is 1.73. The number of nitrogens with zero attached hydrogens (tertiary/aromatic N) is 1. The maximum atomic E-state index is 12.3. The lowest BCUT2D eigenvalue weighted by Gasteiger charge is -2.17. The monoisotopic (exact) mass is 465 g/mol. The van der Waals surface area contributed by atoms with E-state index in [1.165, 1.54) is 11.0 Å². The molecule has 0 aromatic heterocycles. The van der Waals surface area contributed by atoms with E-state index in [0.717, 1.165) is 0 Å². The van der Waals surface area contributed by atoms with Crippen LogP contribution in [0.1, 0.15) is 30.1 Å². The Kier molecular flexibility index (Phi) is 9.62. The highest BCUT2D eigenvalue weighted by molar-refractivity contribution is 6.42. The number of anilines is 1. The van der Waals surface area contributed by atoms with E-state index >= 15 is 0 Å². The molecule has 0 aliphatic carbocycles. The van der Waals surface area contributed by atoms with Gasteiger partial charge in [0.2, 0.25) is 11.8 Å². The van der Waals surface area contributed by atoms with E-state index in [1.807, 2.05) is 6.92 Å². The van der Waals surface area contributed by atoms with Gasteiger partial charge in [-0.05, 0) is 43.7 Å². The smallest absolute Gasteiger partial charge is 0.255 e. The van der Waals surface area contributed by atoms with Crippen molar-refractivity contribution in [3.05, 3.63) is 58.1 Å². The zero-order valence-corrected chi connectivity index (χ0v) is 18.9. The van der Waals surface area contributed by atoms with Crippen molar-refractivity contribution < 1.29 is 19.1 Å². The number of ether oxygens (including phenoxy) is 1. The fraction of sp³-hybridized carbons (Fsp3) is 0.318. The van der Waals surface area contributed by atoms with Gasteiger partial charge >= 0.3 is 0 Å². The van der Waals surface area contributed by atoms with E-state index in [0.29, 0.717) is 46.6 Å². The van der Waals surface area contributed by atoms with E-state index < -0.39 is 0 Å². The lowest BCUT2D eigenvalue weighted by Crippen LogP contribution is -2.35. The quantitative estimate of drug-likeness (QED) is 0.519. The van der Waals surface area contributed by atoms with Crippen LogP contribution in [0.3, 0.4) is 0 Å². The molecule has 3 amide bonds. The summed E-state index contributed by atoms with van der Waals surface area (Å²) in [6, 6.07) is 11.7. The molecule has 0 saturated heterocycles. The topological polar surface area (TPSA) is 87.7 Å². The molecule has 31 heavy (non-hydrogen) atoms. The fourth-order valence-electron chi connectivity index (χ4n) is 2.74. The number of carbonyl (C=O) groups is 3. The molecule has 2 rings (SSSR count). The maximum Gasteiger partial charge on any atom is 0.255 e. The van der Waals surface area contributed by atoms with Gasteiger partial charge in [-0.3, -0.25) is 14.4 Å². The third kappa shape index (κ3) is 7.77. The number of likely N-dealkylation sites (N-methyl/N-ethyl adjacent to an activating group) is 1. The summed E-state index contributed by atoms with van der Waals surface area (Å²) in [6.45, 7) is 2.53. The van der Waals surface area contributed by atoms with Gasteiger partial charge in [-0.2, -0.15) is 0 Å². The van der Waals surface area contributed by atoms with Crippen molar-refractivity contribution in [1.82, 2.24) is 10.2 Å². The lowest BCUT2D eigenvalue weighted by molar-refractivity contribution is -0.133. The zero-order chi connectivity index (χ0) is 22.8. The van der Waals surface area contributed by atoms with Crippen molar-refractivity contribution in [2.75, 3.05) is 32.1 Å². The van der Waals surface area contributed by atoms with E-state index in [4.69, 9.17) is 27.9 Å². The molecule has 0 atom stereocenters. The normalized spacial score (nSPS) is 10.3. The van der Waals surface area contributed by atoms with Crippen LogP contribution < -0.4 is 15.4 Å². The first-order valence-electron chi connectivity index (χ1n) is 9.80. The Morgan fingerprint density at radius 2 is 1.81 bits per heavy atom. The molecule has 166 valence electrons. The third-order valence-electron chi connectivity index (χ3n) is 4.29. The molecule has 0 heterocycles. The van der Waals surface area contributed by atoms with Gasteiger partial charge in [-0.25, -0.2) is 0 Å². The van der Waals surface area contributed by atoms with Crippen molar-refractivity contribution in [1.29, 1.82) is 0 Å². The van der Waals surface area contributed by atoms with Crippen LogP contribution in [0.15, 0.2) is 42.5 Å². The fourth-order valence-corrected chi connectivity index (χ4v) is 3.04. The van der Waals surface area contributed by atoms with Crippen molar-refractivity contribution in [3.63, 3.8) is 0 Å². The third-order valence-corrected chi connectivity index (χ3v) is 5.03. The summed E-state index contributed by atoms with van der Waals surface area (Å²) < 4.78 is 5.45. The van der Waals surface area contributed by atoms with Gasteiger partial charge < -0.3 is 20.3 Å². The second-order valence-electron chi connectivity index (χ2n) is 6.72. The molecular formula is C22H25Cl2N3O4. The molecule has 0 saturated carbocycles. The first-order chi connectivity index (χ1) is 14.8. The lowest BCUT2D eigenvalue weighted by atomic mass is 10.2. The van der Waals surface area contributed by atoms with Gasteiger partial charge in [-0.15, -0.1) is 0 Å². The van der Waals surface area contributed by atoms with Crippen LogP contribution in [0, 0.1) is 0 Å². The molecule has 0 aliphatic rings. The summed E-state index contributed by atoms with van der Waals surface area (Å²) in [5, 5.41) is 6.17. The Labute approximate surface area is 191 Å². The molecule has 7 nitrogen and oxygen atoms in total. The van der Waals surface area contributed by atoms with Crippen LogP contribution in [-0.4, -0.2) is 49.4 Å². The number of hydrogen-bond donors (Lipinski definition) is 2. The number of nitrogens with one attached hydrogen (secondary N) is 2. The van der Waals surface area contributed by atoms with Crippen LogP contribution in [0.5, 0.6) is 5.75 Å². The number of halogens is 2. The summed E-state index contributed by atoms with van der Waals surface area (Å²) in [5.41, 5.74) is 0.946. The molecule has 2 N–H and O–H groups in total. The maximum absolute atomic E-state index is 12.3. The standard InChI is InChI=1S/C22H25Cl2N3O4/c1-3-31-19-8-5-4-7-16(19)22(30)25-12-6-9-21(29)27(2)14-20(28)26-15-10-11-17(23)18(24)13-15/h4-5,7-8,10-11,13H,3,6,9,12,14H2,1-2H3,(H,25,30)(H,26,28). The highest BCUT2D eigenvalue weighted by atomic mass is 35.5. The van der Waals surface area contributed by atoms with Crippen LogP contribution in [0.4, 0.5) is 5.69 Å².